The van der Waals surface area contributed by atoms with Gasteiger partial charge in [-0.3, -0.25) is 14.6 Å². The lowest BCUT2D eigenvalue weighted by Crippen LogP contribution is -2.42. The number of sulfonamides is 1. The summed E-state index contributed by atoms with van der Waals surface area (Å²) in [4.78, 5) is 29.3. The number of ketones is 1. The highest BCUT2D eigenvalue weighted by molar-refractivity contribution is 7.89. The summed E-state index contributed by atoms with van der Waals surface area (Å²) in [5, 5.41) is 6.82. The van der Waals surface area contributed by atoms with E-state index in [9.17, 15) is 18.0 Å². The largest absolute Gasteiger partial charge is 0.468 e. The van der Waals surface area contributed by atoms with E-state index in [1.54, 1.807) is 30.6 Å². The molecule has 8 nitrogen and oxygen atoms in total. The summed E-state index contributed by atoms with van der Waals surface area (Å²) in [7, 11) is -2.57. The smallest absolute Gasteiger partial charge is 0.319 e. The van der Waals surface area contributed by atoms with E-state index < -0.39 is 34.1 Å². The number of ether oxygens (including phenoxy) is 2. The summed E-state index contributed by atoms with van der Waals surface area (Å²) in [5.41, 5.74) is 1.49. The van der Waals surface area contributed by atoms with Gasteiger partial charge in [0.05, 0.1) is 18.1 Å². The first kappa shape index (κ1) is 22.1. The van der Waals surface area contributed by atoms with E-state index in [-0.39, 0.29) is 17.1 Å². The molecule has 3 aromatic rings. The number of aromatic nitrogens is 1. The Balaban J connectivity index is 1.62. The fraction of sp³-hybridized carbons (Fsp3) is 0.261. The van der Waals surface area contributed by atoms with Crippen LogP contribution in [0.5, 0.6) is 0 Å². The first-order chi connectivity index (χ1) is 15.3. The maximum Gasteiger partial charge on any atom is 0.319 e. The van der Waals surface area contributed by atoms with Gasteiger partial charge >= 0.3 is 5.97 Å². The van der Waals surface area contributed by atoms with Crippen molar-refractivity contribution in [1.82, 2.24) is 4.98 Å². The van der Waals surface area contributed by atoms with Gasteiger partial charge in [0.25, 0.3) is 0 Å². The molecule has 1 aliphatic heterocycles. The monoisotopic (exact) mass is 454 g/mol. The highest BCUT2D eigenvalue weighted by Gasteiger charge is 2.43. The van der Waals surface area contributed by atoms with Crippen LogP contribution in [0.2, 0.25) is 0 Å². The third kappa shape index (κ3) is 4.55. The number of nitrogens with zero attached hydrogens (tertiary/aromatic N) is 1. The maximum atomic E-state index is 12.9. The van der Waals surface area contributed by atoms with Crippen molar-refractivity contribution in [3.63, 3.8) is 0 Å². The van der Waals surface area contributed by atoms with E-state index in [2.05, 4.69) is 4.98 Å². The van der Waals surface area contributed by atoms with Crippen molar-refractivity contribution in [3.05, 3.63) is 72.1 Å². The van der Waals surface area contributed by atoms with Crippen LogP contribution in [0.1, 0.15) is 23.7 Å². The number of carbonyl (C=O) groups excluding carboxylic acids is 2. The molecule has 0 spiro atoms. The molecule has 9 heteroatoms. The summed E-state index contributed by atoms with van der Waals surface area (Å²) < 4.78 is 34.4. The SMILES string of the molecule is COC(=O)C1C(=O)C[C@@H](Cc2ccc3ccc(S(N)(=O)=O)cc3c2)O[C@H]1c1cccnc1. The van der Waals surface area contributed by atoms with Crippen LogP contribution in [0.3, 0.4) is 0 Å². The number of benzene rings is 2. The van der Waals surface area contributed by atoms with Crippen molar-refractivity contribution < 1.29 is 27.5 Å². The van der Waals surface area contributed by atoms with Gasteiger partial charge in [0.1, 0.15) is 12.0 Å². The maximum absolute atomic E-state index is 12.9. The number of Topliss-reactive ketones (excluding diaryl/α,β-unsaturated/α-hetero) is 1. The Labute approximate surface area is 185 Å². The average molecular weight is 455 g/mol. The molecule has 3 atom stereocenters. The number of hydrogen-bond acceptors (Lipinski definition) is 7. The molecule has 1 aliphatic rings. The molecule has 4 rings (SSSR count). The van der Waals surface area contributed by atoms with Gasteiger partial charge in [-0.05, 0) is 41.0 Å². The van der Waals surface area contributed by atoms with Gasteiger partial charge in [-0.25, -0.2) is 13.6 Å². The van der Waals surface area contributed by atoms with E-state index in [1.807, 2.05) is 18.2 Å². The number of rotatable bonds is 5. The molecule has 2 N–H and O–H groups in total. The minimum absolute atomic E-state index is 0.0313. The van der Waals surface area contributed by atoms with E-state index in [0.717, 1.165) is 10.9 Å². The predicted octanol–water partition coefficient (Wildman–Crippen LogP) is 2.31. The van der Waals surface area contributed by atoms with Crippen LogP contribution < -0.4 is 5.14 Å². The van der Waals surface area contributed by atoms with Crippen LogP contribution >= 0.6 is 0 Å². The third-order valence-electron chi connectivity index (χ3n) is 5.55. The Hall–Kier alpha value is -3.14. The highest BCUT2D eigenvalue weighted by Crippen LogP contribution is 2.36. The number of pyridine rings is 1. The quantitative estimate of drug-likeness (QED) is 0.463. The van der Waals surface area contributed by atoms with Crippen LogP contribution in [0.15, 0.2) is 65.8 Å². The minimum Gasteiger partial charge on any atom is -0.468 e. The first-order valence-electron chi connectivity index (χ1n) is 9.97. The normalized spacial score (nSPS) is 21.4. The molecule has 0 bridgehead atoms. The number of primary sulfonamides is 1. The molecule has 0 aliphatic carbocycles. The Morgan fingerprint density at radius 2 is 1.97 bits per heavy atom. The lowest BCUT2D eigenvalue weighted by molar-refractivity contribution is -0.167. The second-order valence-electron chi connectivity index (χ2n) is 7.73. The minimum atomic E-state index is -3.82. The van der Waals surface area contributed by atoms with Gasteiger partial charge in [0, 0.05) is 24.4 Å². The van der Waals surface area contributed by atoms with E-state index in [0.29, 0.717) is 17.4 Å². The van der Waals surface area contributed by atoms with E-state index in [4.69, 9.17) is 14.6 Å². The highest BCUT2D eigenvalue weighted by atomic mass is 32.2. The van der Waals surface area contributed by atoms with E-state index >= 15 is 0 Å². The zero-order chi connectivity index (χ0) is 22.9. The summed E-state index contributed by atoms with van der Waals surface area (Å²) in [6, 6.07) is 13.8. The van der Waals surface area contributed by atoms with Gasteiger partial charge in [0.2, 0.25) is 10.0 Å². The van der Waals surface area contributed by atoms with Gasteiger partial charge < -0.3 is 9.47 Å². The molecule has 166 valence electrons. The molecule has 0 radical (unpaired) electrons. The van der Waals surface area contributed by atoms with E-state index in [1.165, 1.54) is 19.2 Å². The molecule has 1 aromatic heterocycles. The third-order valence-corrected chi connectivity index (χ3v) is 6.46. The van der Waals surface area contributed by atoms with Crippen LogP contribution in [-0.2, 0) is 35.5 Å². The second-order valence-corrected chi connectivity index (χ2v) is 9.29. The van der Waals surface area contributed by atoms with Crippen molar-refractivity contribution in [1.29, 1.82) is 0 Å². The fourth-order valence-electron chi connectivity index (χ4n) is 4.01. The van der Waals surface area contributed by atoms with Crippen LogP contribution in [0, 0.1) is 5.92 Å². The number of methoxy groups -OCH3 is 1. The van der Waals surface area contributed by atoms with Gasteiger partial charge in [-0.1, -0.05) is 30.3 Å². The Morgan fingerprint density at radius 3 is 2.66 bits per heavy atom. The molecular weight excluding hydrogens is 432 g/mol. The van der Waals surface area contributed by atoms with Crippen molar-refractivity contribution in [2.75, 3.05) is 7.11 Å². The number of nitrogens with two attached hydrogens (primary N) is 1. The lowest BCUT2D eigenvalue weighted by atomic mass is 9.85. The van der Waals surface area contributed by atoms with Crippen LogP contribution in [-0.4, -0.2) is 38.4 Å². The van der Waals surface area contributed by atoms with Crippen molar-refractivity contribution in [2.45, 2.75) is 29.9 Å². The topological polar surface area (TPSA) is 126 Å². The molecule has 2 heterocycles. The van der Waals surface area contributed by atoms with Crippen molar-refractivity contribution >= 4 is 32.5 Å². The van der Waals surface area contributed by atoms with Crippen molar-refractivity contribution in [2.24, 2.45) is 11.1 Å². The molecule has 32 heavy (non-hydrogen) atoms. The second kappa shape index (κ2) is 8.78. The Bertz CT molecular complexity index is 1280. The van der Waals surface area contributed by atoms with Gasteiger partial charge in [-0.15, -0.1) is 0 Å². The zero-order valence-corrected chi connectivity index (χ0v) is 18.1. The number of hydrogen-bond donors (Lipinski definition) is 1. The van der Waals surface area contributed by atoms with Gasteiger partial charge in [-0.2, -0.15) is 0 Å². The summed E-state index contributed by atoms with van der Waals surface area (Å²) in [6.45, 7) is 0. The molecule has 2 aromatic carbocycles. The molecular formula is C23H22N2O6S. The molecule has 1 fully saturated rings. The number of carbonyl (C=O) groups is 2. The number of esters is 1. The molecule has 1 unspecified atom stereocenters. The Morgan fingerprint density at radius 1 is 1.19 bits per heavy atom. The predicted molar refractivity (Wildman–Crippen MR) is 116 cm³/mol. The van der Waals surface area contributed by atoms with Crippen LogP contribution in [0.25, 0.3) is 10.8 Å². The van der Waals surface area contributed by atoms with Crippen LogP contribution in [0.4, 0.5) is 0 Å². The standard InChI is InChI=1S/C23H22N2O6S/c1-30-23(27)21-20(26)12-18(31-22(21)16-3-2-8-25-13-16)10-14-4-5-15-6-7-19(32(24,28)29)11-17(15)9-14/h2-9,11,13,18,21-22H,10,12H2,1H3,(H2,24,28,29)/t18-,21?,22+/m1/s1. The Kier molecular flexibility index (Phi) is 6.05. The molecule has 1 saturated heterocycles. The number of fused-ring (bicyclic) bond motifs is 1. The van der Waals surface area contributed by atoms with Gasteiger partial charge in [0.15, 0.2) is 5.78 Å². The summed E-state index contributed by atoms with van der Waals surface area (Å²) in [6.07, 6.45) is 2.38. The summed E-state index contributed by atoms with van der Waals surface area (Å²) in [5.74, 6) is -1.93. The zero-order valence-electron chi connectivity index (χ0n) is 17.3. The summed E-state index contributed by atoms with van der Waals surface area (Å²) >= 11 is 0. The molecule has 0 amide bonds. The lowest BCUT2D eigenvalue weighted by Gasteiger charge is -2.34. The van der Waals surface area contributed by atoms with Crippen molar-refractivity contribution in [3.8, 4) is 0 Å². The average Bonchev–Trinajstić information content (AvgIpc) is 2.77. The fourth-order valence-corrected chi connectivity index (χ4v) is 4.56. The first-order valence-corrected chi connectivity index (χ1v) is 11.5. The molecule has 0 saturated carbocycles.